The van der Waals surface area contributed by atoms with Crippen molar-refractivity contribution >= 4 is 17.9 Å². The molecule has 1 atom stereocenters. The Labute approximate surface area is 461 Å². The minimum absolute atomic E-state index is 0.110. The molecule has 0 aliphatic rings. The van der Waals surface area contributed by atoms with Gasteiger partial charge in [-0.25, -0.2) is 0 Å². The van der Waals surface area contributed by atoms with E-state index in [1.807, 2.05) is 0 Å². The number of esters is 3. The van der Waals surface area contributed by atoms with Gasteiger partial charge in [-0.15, -0.1) is 0 Å². The van der Waals surface area contributed by atoms with Crippen LogP contribution in [0.3, 0.4) is 0 Å². The second-order valence-electron chi connectivity index (χ2n) is 19.5. The standard InChI is InChI=1S/C69H110O6/c1-4-7-10-13-16-19-22-25-28-31-32-33-34-35-36-39-41-44-47-50-53-56-59-62-68(71)74-65-66(75-69(72)63-60-57-54-51-48-45-42-38-30-27-24-21-18-15-12-9-6-3)64-73-67(70)61-58-55-52-49-46-43-40-37-29-26-23-20-17-14-11-8-5-2/h7,9-10,12,16-21,25-30,32-33,35-36,41,44,50,53,66H,4-6,8,11,13-15,22-24,31,34,37-40,42-43,45-49,51-52,54-65H2,1-3H3/b10-7-,12-9-,19-16-,20-17-,21-18-,28-25-,29-26-,30-27-,33-32-,36-35-,44-41-,53-50-. The molecule has 0 spiro atoms. The lowest BCUT2D eigenvalue weighted by molar-refractivity contribution is -0.167. The summed E-state index contributed by atoms with van der Waals surface area (Å²) < 4.78 is 16.8. The number of allylic oxidation sites excluding steroid dienone is 24. The van der Waals surface area contributed by atoms with Gasteiger partial charge in [0.1, 0.15) is 13.2 Å². The predicted molar refractivity (Wildman–Crippen MR) is 325 cm³/mol. The number of carbonyl (C=O) groups excluding carboxylic acids is 3. The molecule has 0 aromatic heterocycles. The number of carbonyl (C=O) groups is 3. The molecule has 0 bridgehead atoms. The highest BCUT2D eigenvalue weighted by atomic mass is 16.6. The van der Waals surface area contributed by atoms with Gasteiger partial charge in [0.15, 0.2) is 6.10 Å². The largest absolute Gasteiger partial charge is 0.462 e. The van der Waals surface area contributed by atoms with Crippen molar-refractivity contribution < 1.29 is 28.6 Å². The Morgan fingerprint density at radius 2 is 0.533 bits per heavy atom. The Bertz CT molecular complexity index is 1660. The third-order valence-electron chi connectivity index (χ3n) is 12.3. The first-order valence-corrected chi connectivity index (χ1v) is 30.3. The molecule has 0 fully saturated rings. The Balaban J connectivity index is 4.53. The van der Waals surface area contributed by atoms with Crippen molar-refractivity contribution in [3.63, 3.8) is 0 Å². The lowest BCUT2D eigenvalue weighted by atomic mass is 10.1. The molecule has 0 aromatic rings. The molecule has 0 saturated heterocycles. The average molecular weight is 1040 g/mol. The highest BCUT2D eigenvalue weighted by Crippen LogP contribution is 2.14. The van der Waals surface area contributed by atoms with Crippen LogP contribution in [0, 0.1) is 0 Å². The molecule has 6 heteroatoms. The number of rotatable bonds is 53. The molecule has 0 aliphatic carbocycles. The first-order chi connectivity index (χ1) is 37.0. The first-order valence-electron chi connectivity index (χ1n) is 30.3. The van der Waals surface area contributed by atoms with Crippen molar-refractivity contribution in [3.05, 3.63) is 146 Å². The Hall–Kier alpha value is -4.71. The SMILES string of the molecule is CC/C=C\C/C=C\C/C=C\C/C=C\C/C=C\C/C=C\C/C=C\CCCC(=O)OCC(COC(=O)CCCCCCCCC/C=C\C/C=C\CCCCC)OC(=O)CCCCCCCCC/C=C\C/C=C\C/C=C\CC. The molecule has 0 N–H and O–H groups in total. The van der Waals surface area contributed by atoms with Crippen LogP contribution in [0.4, 0.5) is 0 Å². The summed E-state index contributed by atoms with van der Waals surface area (Å²) >= 11 is 0. The second kappa shape index (κ2) is 61.8. The van der Waals surface area contributed by atoms with Gasteiger partial charge in [0.05, 0.1) is 0 Å². The molecule has 1 unspecified atom stereocenters. The van der Waals surface area contributed by atoms with Gasteiger partial charge in [0.2, 0.25) is 0 Å². The fourth-order valence-corrected chi connectivity index (χ4v) is 7.83. The molecule has 0 saturated carbocycles. The number of unbranched alkanes of at least 4 members (excludes halogenated alkanes) is 18. The van der Waals surface area contributed by atoms with E-state index < -0.39 is 6.10 Å². The van der Waals surface area contributed by atoms with E-state index in [-0.39, 0.29) is 37.5 Å². The third kappa shape index (κ3) is 60.0. The smallest absolute Gasteiger partial charge is 0.306 e. The Kier molecular flexibility index (Phi) is 58.0. The van der Waals surface area contributed by atoms with Gasteiger partial charge in [0.25, 0.3) is 0 Å². The van der Waals surface area contributed by atoms with E-state index in [1.165, 1.54) is 70.6 Å². The van der Waals surface area contributed by atoms with Gasteiger partial charge < -0.3 is 14.2 Å². The molecule has 75 heavy (non-hydrogen) atoms. The van der Waals surface area contributed by atoms with Crippen molar-refractivity contribution in [2.45, 2.75) is 258 Å². The second-order valence-corrected chi connectivity index (χ2v) is 19.5. The zero-order valence-corrected chi connectivity index (χ0v) is 48.3. The van der Waals surface area contributed by atoms with Crippen LogP contribution in [0.1, 0.15) is 252 Å². The van der Waals surface area contributed by atoms with Gasteiger partial charge in [-0.3, -0.25) is 14.4 Å². The Morgan fingerprint density at radius 3 is 0.867 bits per heavy atom. The minimum Gasteiger partial charge on any atom is -0.462 e. The fraction of sp³-hybridized carbons (Fsp3) is 0.609. The van der Waals surface area contributed by atoms with Gasteiger partial charge in [0, 0.05) is 19.3 Å². The van der Waals surface area contributed by atoms with E-state index in [4.69, 9.17) is 14.2 Å². The molecular weight excluding hydrogens is 925 g/mol. The summed E-state index contributed by atoms with van der Waals surface area (Å²) in [5, 5.41) is 0. The number of ether oxygens (including phenoxy) is 3. The van der Waals surface area contributed by atoms with Crippen LogP contribution in [-0.2, 0) is 28.6 Å². The molecule has 0 amide bonds. The van der Waals surface area contributed by atoms with Gasteiger partial charge in [-0.1, -0.05) is 244 Å². The summed E-state index contributed by atoms with van der Waals surface area (Å²) in [5.41, 5.74) is 0. The summed E-state index contributed by atoms with van der Waals surface area (Å²) in [5.74, 6) is -0.992. The predicted octanol–water partition coefficient (Wildman–Crippen LogP) is 20.8. The van der Waals surface area contributed by atoms with Crippen LogP contribution in [-0.4, -0.2) is 37.2 Å². The molecule has 6 nitrogen and oxygen atoms in total. The summed E-state index contributed by atoms with van der Waals surface area (Å²) in [7, 11) is 0. The zero-order chi connectivity index (χ0) is 54.3. The summed E-state index contributed by atoms with van der Waals surface area (Å²) in [4.78, 5) is 38.3. The first kappa shape index (κ1) is 70.3. The molecular formula is C69H110O6. The highest BCUT2D eigenvalue weighted by molar-refractivity contribution is 5.71. The van der Waals surface area contributed by atoms with Crippen LogP contribution in [0.15, 0.2) is 146 Å². The van der Waals surface area contributed by atoms with E-state index >= 15 is 0 Å². The zero-order valence-electron chi connectivity index (χ0n) is 48.3. The summed E-state index contributed by atoms with van der Waals surface area (Å²) in [6, 6.07) is 0. The third-order valence-corrected chi connectivity index (χ3v) is 12.3. The average Bonchev–Trinajstić information content (AvgIpc) is 3.41. The fourth-order valence-electron chi connectivity index (χ4n) is 7.83. The maximum Gasteiger partial charge on any atom is 0.306 e. The van der Waals surface area contributed by atoms with E-state index in [9.17, 15) is 14.4 Å². The van der Waals surface area contributed by atoms with Crippen molar-refractivity contribution in [1.82, 2.24) is 0 Å². The molecule has 0 rings (SSSR count). The maximum absolute atomic E-state index is 12.9. The topological polar surface area (TPSA) is 78.9 Å². The van der Waals surface area contributed by atoms with E-state index in [0.717, 1.165) is 135 Å². The highest BCUT2D eigenvalue weighted by Gasteiger charge is 2.19. The lowest BCUT2D eigenvalue weighted by Crippen LogP contribution is -2.30. The van der Waals surface area contributed by atoms with Crippen LogP contribution in [0.5, 0.6) is 0 Å². The van der Waals surface area contributed by atoms with Gasteiger partial charge in [-0.05, 0) is 135 Å². The monoisotopic (exact) mass is 1030 g/mol. The minimum atomic E-state index is -0.818. The number of hydrogen-bond acceptors (Lipinski definition) is 6. The Morgan fingerprint density at radius 1 is 0.280 bits per heavy atom. The van der Waals surface area contributed by atoms with E-state index in [0.29, 0.717) is 19.3 Å². The van der Waals surface area contributed by atoms with Crippen LogP contribution in [0.2, 0.25) is 0 Å². The lowest BCUT2D eigenvalue weighted by Gasteiger charge is -2.18. The summed E-state index contributed by atoms with van der Waals surface area (Å²) in [6.45, 7) is 6.32. The van der Waals surface area contributed by atoms with Crippen LogP contribution >= 0.6 is 0 Å². The van der Waals surface area contributed by atoms with Crippen LogP contribution < -0.4 is 0 Å². The van der Waals surface area contributed by atoms with Crippen molar-refractivity contribution in [3.8, 4) is 0 Å². The normalized spacial score (nSPS) is 13.2. The molecule has 0 aliphatic heterocycles. The van der Waals surface area contributed by atoms with E-state index in [1.54, 1.807) is 0 Å². The quantitative estimate of drug-likeness (QED) is 0.0261. The molecule has 0 radical (unpaired) electrons. The van der Waals surface area contributed by atoms with Crippen molar-refractivity contribution in [2.75, 3.05) is 13.2 Å². The van der Waals surface area contributed by atoms with Crippen LogP contribution in [0.25, 0.3) is 0 Å². The van der Waals surface area contributed by atoms with Gasteiger partial charge in [-0.2, -0.15) is 0 Å². The van der Waals surface area contributed by atoms with Gasteiger partial charge >= 0.3 is 17.9 Å². The molecule has 0 heterocycles. The molecule has 0 aromatic carbocycles. The summed E-state index contributed by atoms with van der Waals surface area (Å²) in [6.07, 6.45) is 88.4. The maximum atomic E-state index is 12.9. The van der Waals surface area contributed by atoms with Crippen molar-refractivity contribution in [1.29, 1.82) is 0 Å². The van der Waals surface area contributed by atoms with Crippen molar-refractivity contribution in [2.24, 2.45) is 0 Å². The van der Waals surface area contributed by atoms with E-state index in [2.05, 4.69) is 167 Å². The number of hydrogen-bond donors (Lipinski definition) is 0. The molecule has 422 valence electrons.